The Morgan fingerprint density at radius 3 is 2.51 bits per heavy atom. The van der Waals surface area contributed by atoms with Gasteiger partial charge < -0.3 is 20.1 Å². The summed E-state index contributed by atoms with van der Waals surface area (Å²) >= 11 is 1.24. The number of fused-ring (bicyclic) bond motifs is 1. The number of benzene rings is 2. The number of anilines is 2. The van der Waals surface area contributed by atoms with Crippen LogP contribution in [0.3, 0.4) is 0 Å². The minimum atomic E-state index is -4.42. The number of rotatable bonds is 9. The fourth-order valence-corrected chi connectivity index (χ4v) is 8.73. The standard InChI is InChI=1S/C33H38F4N4O4S2/c34-21-45-29-17-24(47(38,42)43)10-11-27(29)39-14-2-5-30-26(18-33(35,36)37)25-3-1-4-28(31(25)46-30)40-22-6-8-23(9-7-22)41-19-32(20-41)12-15-44-16-13-32/h1,3-4,10-11,17,22-23,39-40H,6-9,12-16,18-21H2,(H2,38,42,43). The zero-order chi connectivity index (χ0) is 33.2. The van der Waals surface area contributed by atoms with Crippen LogP contribution in [-0.2, 0) is 21.2 Å². The van der Waals surface area contributed by atoms with Crippen molar-refractivity contribution in [3.8, 4) is 17.6 Å². The van der Waals surface area contributed by atoms with E-state index in [2.05, 4.69) is 27.4 Å². The van der Waals surface area contributed by atoms with Crippen LogP contribution in [0.2, 0.25) is 0 Å². The molecule has 3 fully saturated rings. The number of nitrogens with two attached hydrogens (primary N) is 1. The number of ether oxygens (including phenoxy) is 2. The molecule has 2 aliphatic heterocycles. The molecule has 0 amide bonds. The van der Waals surface area contributed by atoms with Crippen LogP contribution in [0.15, 0.2) is 41.3 Å². The van der Waals surface area contributed by atoms with E-state index in [9.17, 15) is 26.0 Å². The number of nitrogens with zero attached hydrogens (tertiary/aromatic N) is 1. The average Bonchev–Trinajstić information content (AvgIpc) is 3.35. The van der Waals surface area contributed by atoms with Crippen LogP contribution in [0.5, 0.6) is 5.75 Å². The molecule has 0 unspecified atom stereocenters. The molecule has 3 aromatic rings. The van der Waals surface area contributed by atoms with Crippen LogP contribution in [0.4, 0.5) is 28.9 Å². The molecule has 1 spiro atoms. The molecule has 2 aromatic carbocycles. The molecule has 47 heavy (non-hydrogen) atoms. The lowest BCUT2D eigenvalue weighted by atomic mass is 9.71. The monoisotopic (exact) mass is 694 g/mol. The van der Waals surface area contributed by atoms with Gasteiger partial charge in [0.1, 0.15) is 5.75 Å². The third-order valence-corrected chi connectivity index (χ3v) is 11.6. The second kappa shape index (κ2) is 13.8. The minimum absolute atomic E-state index is 0.0165. The Balaban J connectivity index is 1.14. The van der Waals surface area contributed by atoms with Gasteiger partial charge in [-0.2, -0.15) is 13.2 Å². The first-order valence-electron chi connectivity index (χ1n) is 15.7. The number of primary sulfonamides is 1. The number of likely N-dealkylation sites (tertiary alicyclic amines) is 1. The van der Waals surface area contributed by atoms with E-state index in [0.717, 1.165) is 81.3 Å². The van der Waals surface area contributed by atoms with Gasteiger partial charge in [0, 0.05) is 49.9 Å². The summed E-state index contributed by atoms with van der Waals surface area (Å²) in [5.74, 6) is 5.68. The van der Waals surface area contributed by atoms with Crippen molar-refractivity contribution in [3.63, 3.8) is 0 Å². The number of thiophene rings is 1. The van der Waals surface area contributed by atoms with Gasteiger partial charge in [-0.25, -0.2) is 17.9 Å². The van der Waals surface area contributed by atoms with Gasteiger partial charge in [0.15, 0.2) is 0 Å². The van der Waals surface area contributed by atoms with Crippen LogP contribution in [0.1, 0.15) is 49.0 Å². The van der Waals surface area contributed by atoms with Gasteiger partial charge >= 0.3 is 6.18 Å². The highest BCUT2D eigenvalue weighted by atomic mass is 32.2. The zero-order valence-corrected chi connectivity index (χ0v) is 27.4. The molecule has 3 heterocycles. The summed E-state index contributed by atoms with van der Waals surface area (Å²) in [4.78, 5) is 2.69. The summed E-state index contributed by atoms with van der Waals surface area (Å²) in [6.45, 7) is 2.83. The Hall–Kier alpha value is -3.09. The fourth-order valence-electron chi connectivity index (χ4n) is 7.03. The van der Waals surface area contributed by atoms with Crippen molar-refractivity contribution < 1.29 is 35.5 Å². The van der Waals surface area contributed by atoms with Crippen molar-refractivity contribution in [2.45, 2.75) is 68.1 Å². The smallest absolute Gasteiger partial charge is 0.393 e. The highest BCUT2D eigenvalue weighted by molar-refractivity contribution is 7.89. The average molecular weight is 695 g/mol. The van der Waals surface area contributed by atoms with E-state index < -0.39 is 29.5 Å². The Bertz CT molecular complexity index is 1750. The second-order valence-corrected chi connectivity index (χ2v) is 15.2. The van der Waals surface area contributed by atoms with Gasteiger partial charge in [-0.15, -0.1) is 11.3 Å². The molecule has 0 atom stereocenters. The van der Waals surface area contributed by atoms with E-state index in [1.807, 2.05) is 6.07 Å². The van der Waals surface area contributed by atoms with Crippen molar-refractivity contribution >= 4 is 42.8 Å². The Morgan fingerprint density at radius 2 is 1.83 bits per heavy atom. The first kappa shape index (κ1) is 33.8. The zero-order valence-electron chi connectivity index (χ0n) is 25.8. The predicted molar refractivity (Wildman–Crippen MR) is 175 cm³/mol. The van der Waals surface area contributed by atoms with Crippen molar-refractivity contribution in [3.05, 3.63) is 46.8 Å². The van der Waals surface area contributed by atoms with Crippen molar-refractivity contribution in [2.24, 2.45) is 10.6 Å². The SMILES string of the molecule is NS(=O)(=O)c1ccc(NCC#Cc2sc3c(NC4CCC(N5CC6(CCOCC6)C5)CC4)cccc3c2CC(F)(F)F)c(OCF)c1. The van der Waals surface area contributed by atoms with Crippen LogP contribution in [0.25, 0.3) is 10.1 Å². The summed E-state index contributed by atoms with van der Waals surface area (Å²) in [6, 6.07) is 9.92. The molecule has 4 N–H and O–H groups in total. The molecular formula is C33H38F4N4O4S2. The van der Waals surface area contributed by atoms with E-state index >= 15 is 0 Å². The third kappa shape index (κ3) is 7.97. The second-order valence-electron chi connectivity index (χ2n) is 12.7. The molecule has 0 radical (unpaired) electrons. The number of sulfonamides is 1. The van der Waals surface area contributed by atoms with Crippen LogP contribution >= 0.6 is 11.3 Å². The predicted octanol–water partition coefficient (Wildman–Crippen LogP) is 6.26. The van der Waals surface area contributed by atoms with Gasteiger partial charge in [0.2, 0.25) is 16.9 Å². The summed E-state index contributed by atoms with van der Waals surface area (Å²) in [6.07, 6.45) is 0.960. The van der Waals surface area contributed by atoms with Crippen molar-refractivity contribution in [1.29, 1.82) is 0 Å². The molecule has 3 aliphatic rings. The molecule has 14 heteroatoms. The van der Waals surface area contributed by atoms with Crippen molar-refractivity contribution in [2.75, 3.05) is 50.3 Å². The van der Waals surface area contributed by atoms with Crippen LogP contribution in [-0.4, -0.2) is 71.3 Å². The normalized spacial score (nSPS) is 21.6. The number of halogens is 4. The van der Waals surface area contributed by atoms with E-state index in [-0.39, 0.29) is 34.5 Å². The van der Waals surface area contributed by atoms with Crippen LogP contribution < -0.4 is 20.5 Å². The molecule has 6 rings (SSSR count). The molecule has 1 aromatic heterocycles. The van der Waals surface area contributed by atoms with Gasteiger partial charge in [-0.3, -0.25) is 4.90 Å². The molecule has 0 bridgehead atoms. The lowest BCUT2D eigenvalue weighted by molar-refractivity contribution is -0.126. The molecule has 2 saturated heterocycles. The van der Waals surface area contributed by atoms with Crippen LogP contribution in [0, 0.1) is 17.3 Å². The minimum Gasteiger partial charge on any atom is -0.461 e. The Morgan fingerprint density at radius 1 is 1.09 bits per heavy atom. The van der Waals surface area contributed by atoms with E-state index in [0.29, 0.717) is 21.7 Å². The van der Waals surface area contributed by atoms with Gasteiger partial charge in [0.05, 0.1) is 38.8 Å². The van der Waals surface area contributed by atoms with Gasteiger partial charge in [-0.1, -0.05) is 24.0 Å². The first-order chi connectivity index (χ1) is 22.4. The maximum Gasteiger partial charge on any atom is 0.393 e. The van der Waals surface area contributed by atoms with Gasteiger partial charge in [0.25, 0.3) is 0 Å². The highest BCUT2D eigenvalue weighted by Gasteiger charge is 2.46. The fraction of sp³-hybridized carbons (Fsp3) is 0.515. The Labute approximate surface area is 276 Å². The third-order valence-electron chi connectivity index (χ3n) is 9.46. The topological polar surface area (TPSA) is 106 Å². The summed E-state index contributed by atoms with van der Waals surface area (Å²) < 4.78 is 88.6. The first-order valence-corrected chi connectivity index (χ1v) is 18.1. The largest absolute Gasteiger partial charge is 0.461 e. The lowest BCUT2D eigenvalue weighted by Gasteiger charge is -2.56. The number of hydrogen-bond donors (Lipinski definition) is 3. The molecule has 1 saturated carbocycles. The number of alkyl halides is 4. The quantitative estimate of drug-likeness (QED) is 0.180. The Kier molecular flexibility index (Phi) is 9.92. The summed E-state index contributed by atoms with van der Waals surface area (Å²) in [5, 5.41) is 12.2. The highest BCUT2D eigenvalue weighted by Crippen LogP contribution is 2.44. The summed E-state index contributed by atoms with van der Waals surface area (Å²) in [5.41, 5.74) is 1.66. The maximum absolute atomic E-state index is 13.7. The molecule has 254 valence electrons. The van der Waals surface area contributed by atoms with E-state index in [1.165, 1.54) is 23.5 Å². The maximum atomic E-state index is 13.7. The van der Waals surface area contributed by atoms with E-state index in [4.69, 9.17) is 14.6 Å². The number of nitrogens with one attached hydrogen (secondary N) is 2. The molecule has 1 aliphatic carbocycles. The lowest BCUT2D eigenvalue weighted by Crippen LogP contribution is -2.62. The molecule has 8 nitrogen and oxygen atoms in total. The van der Waals surface area contributed by atoms with Crippen molar-refractivity contribution in [1.82, 2.24) is 4.90 Å². The molecular weight excluding hydrogens is 657 g/mol. The van der Waals surface area contributed by atoms with Gasteiger partial charge in [-0.05, 0) is 67.7 Å². The number of hydrogen-bond acceptors (Lipinski definition) is 8. The van der Waals surface area contributed by atoms with E-state index in [1.54, 1.807) is 12.1 Å². The summed E-state index contributed by atoms with van der Waals surface area (Å²) in [7, 11) is -4.04.